The minimum atomic E-state index is -3.23. The number of hydrogen-bond donors (Lipinski definition) is 2. The van der Waals surface area contributed by atoms with Crippen LogP contribution in [0.1, 0.15) is 24.0 Å². The van der Waals surface area contributed by atoms with Gasteiger partial charge in [0.25, 0.3) is 0 Å². The maximum absolute atomic E-state index is 11.3. The molecule has 0 amide bonds. The van der Waals surface area contributed by atoms with Crippen LogP contribution in [0.3, 0.4) is 0 Å². The maximum Gasteiger partial charge on any atom is 0.229 e. The van der Waals surface area contributed by atoms with Crippen molar-refractivity contribution < 1.29 is 13.2 Å². The molecular weight excluding hydrogens is 312 g/mol. The summed E-state index contributed by atoms with van der Waals surface area (Å²) in [6, 6.07) is 5.74. The molecule has 0 saturated carbocycles. The van der Waals surface area contributed by atoms with Crippen LogP contribution in [-0.4, -0.2) is 33.4 Å². The average Bonchev–Trinajstić information content (AvgIpc) is 2.38. The second-order valence-electron chi connectivity index (χ2n) is 5.76. The Morgan fingerprint density at radius 3 is 2.62 bits per heavy atom. The third-order valence-corrected chi connectivity index (χ3v) is 4.68. The van der Waals surface area contributed by atoms with Crippen molar-refractivity contribution in [3.05, 3.63) is 29.3 Å². The molecular formula is C14H21ClN2O3S. The van der Waals surface area contributed by atoms with Crippen molar-refractivity contribution >= 4 is 28.1 Å². The normalized spacial score (nSPS) is 20.4. The fraction of sp³-hybridized carbons (Fsp3) is 0.571. The fourth-order valence-electron chi connectivity index (χ4n) is 3.04. The van der Waals surface area contributed by atoms with Gasteiger partial charge in [-0.2, -0.15) is 0 Å². The lowest BCUT2D eigenvalue weighted by Crippen LogP contribution is -2.47. The summed E-state index contributed by atoms with van der Waals surface area (Å²) < 4.78 is 31.1. The number of nitrogens with one attached hydrogen (secondary N) is 2. The molecule has 2 aliphatic heterocycles. The Hall–Kier alpha value is -0.820. The number of piperidine rings is 1. The van der Waals surface area contributed by atoms with Crippen LogP contribution in [0.2, 0.25) is 0 Å². The van der Waals surface area contributed by atoms with E-state index in [1.807, 2.05) is 18.2 Å². The minimum absolute atomic E-state index is 0. The Morgan fingerprint density at radius 2 is 1.95 bits per heavy atom. The van der Waals surface area contributed by atoms with Crippen molar-refractivity contribution in [3.8, 4) is 0 Å². The van der Waals surface area contributed by atoms with Gasteiger partial charge in [0, 0.05) is 12.1 Å². The van der Waals surface area contributed by atoms with E-state index in [2.05, 4.69) is 10.0 Å². The van der Waals surface area contributed by atoms with E-state index in [0.29, 0.717) is 12.3 Å². The van der Waals surface area contributed by atoms with Gasteiger partial charge in [0.2, 0.25) is 10.0 Å². The molecule has 0 unspecified atom stereocenters. The van der Waals surface area contributed by atoms with Gasteiger partial charge in [-0.25, -0.2) is 8.42 Å². The molecule has 1 aromatic rings. The largest absolute Gasteiger partial charge is 0.370 e. The first-order valence-electron chi connectivity index (χ1n) is 6.90. The van der Waals surface area contributed by atoms with Crippen LogP contribution in [0.15, 0.2) is 18.2 Å². The number of rotatable bonds is 2. The van der Waals surface area contributed by atoms with Crippen molar-refractivity contribution in [3.63, 3.8) is 0 Å². The predicted molar refractivity (Wildman–Crippen MR) is 85.5 cm³/mol. The van der Waals surface area contributed by atoms with E-state index in [1.165, 1.54) is 5.56 Å². The van der Waals surface area contributed by atoms with Gasteiger partial charge < -0.3 is 10.1 Å². The molecule has 1 spiro atoms. The number of fused-ring (bicyclic) bond motifs is 1. The third kappa shape index (κ3) is 3.88. The van der Waals surface area contributed by atoms with Crippen LogP contribution in [0.5, 0.6) is 0 Å². The SMILES string of the molecule is CS(=O)(=O)Nc1ccc2c(c1)COC1(CCNCC1)C2.Cl. The van der Waals surface area contributed by atoms with E-state index >= 15 is 0 Å². The van der Waals surface area contributed by atoms with Crippen LogP contribution in [0, 0.1) is 0 Å². The minimum Gasteiger partial charge on any atom is -0.370 e. The molecule has 1 aromatic carbocycles. The van der Waals surface area contributed by atoms with E-state index in [-0.39, 0.29) is 18.0 Å². The Morgan fingerprint density at radius 1 is 1.24 bits per heavy atom. The maximum atomic E-state index is 11.3. The predicted octanol–water partition coefficient (Wildman–Crippen LogP) is 1.67. The molecule has 2 aliphatic rings. The standard InChI is InChI=1S/C14H20N2O3S.ClH/c1-20(17,18)16-13-3-2-11-9-14(4-6-15-7-5-14)19-10-12(11)8-13;/h2-3,8,15-16H,4-7,9-10H2,1H3;1H. The van der Waals surface area contributed by atoms with Crippen molar-refractivity contribution in [2.75, 3.05) is 24.1 Å². The smallest absolute Gasteiger partial charge is 0.229 e. The molecule has 0 atom stereocenters. The van der Waals surface area contributed by atoms with Gasteiger partial charge >= 0.3 is 0 Å². The monoisotopic (exact) mass is 332 g/mol. The number of halogens is 1. The van der Waals surface area contributed by atoms with Gasteiger partial charge in [-0.3, -0.25) is 4.72 Å². The van der Waals surface area contributed by atoms with Crippen molar-refractivity contribution in [1.82, 2.24) is 5.32 Å². The van der Waals surface area contributed by atoms with Gasteiger partial charge in [0.05, 0.1) is 18.5 Å². The topological polar surface area (TPSA) is 67.4 Å². The van der Waals surface area contributed by atoms with Gasteiger partial charge in [-0.15, -0.1) is 12.4 Å². The Kier molecular flexibility index (Phi) is 4.82. The number of ether oxygens (including phenoxy) is 1. The van der Waals surface area contributed by atoms with Crippen LogP contribution in [-0.2, 0) is 27.8 Å². The van der Waals surface area contributed by atoms with E-state index in [4.69, 9.17) is 4.74 Å². The lowest BCUT2D eigenvalue weighted by Gasteiger charge is -2.41. The molecule has 2 heterocycles. The lowest BCUT2D eigenvalue weighted by molar-refractivity contribution is -0.0855. The summed E-state index contributed by atoms with van der Waals surface area (Å²) in [6.45, 7) is 2.57. The zero-order valence-electron chi connectivity index (χ0n) is 12.0. The van der Waals surface area contributed by atoms with Crippen LogP contribution in [0.4, 0.5) is 5.69 Å². The first-order chi connectivity index (χ1) is 9.46. The molecule has 2 N–H and O–H groups in total. The second kappa shape index (κ2) is 6.12. The van der Waals surface area contributed by atoms with Gasteiger partial charge in [0.1, 0.15) is 0 Å². The summed E-state index contributed by atoms with van der Waals surface area (Å²) in [6.07, 6.45) is 4.15. The van der Waals surface area contributed by atoms with Crippen molar-refractivity contribution in [2.45, 2.75) is 31.5 Å². The fourth-order valence-corrected chi connectivity index (χ4v) is 3.60. The molecule has 7 heteroatoms. The van der Waals surface area contributed by atoms with Crippen LogP contribution >= 0.6 is 12.4 Å². The molecule has 0 aromatic heterocycles. The molecule has 118 valence electrons. The highest BCUT2D eigenvalue weighted by atomic mass is 35.5. The van der Waals surface area contributed by atoms with E-state index < -0.39 is 10.0 Å². The summed E-state index contributed by atoms with van der Waals surface area (Å²) in [7, 11) is -3.23. The number of hydrogen-bond acceptors (Lipinski definition) is 4. The highest BCUT2D eigenvalue weighted by molar-refractivity contribution is 7.92. The summed E-state index contributed by atoms with van der Waals surface area (Å²) >= 11 is 0. The quantitative estimate of drug-likeness (QED) is 0.864. The van der Waals surface area contributed by atoms with E-state index in [1.54, 1.807) is 0 Å². The summed E-state index contributed by atoms with van der Waals surface area (Å²) in [5, 5.41) is 3.36. The van der Waals surface area contributed by atoms with Gasteiger partial charge in [0.15, 0.2) is 0 Å². The molecule has 21 heavy (non-hydrogen) atoms. The highest BCUT2D eigenvalue weighted by Gasteiger charge is 2.36. The number of benzene rings is 1. The molecule has 3 rings (SSSR count). The molecule has 1 saturated heterocycles. The van der Waals surface area contributed by atoms with Crippen molar-refractivity contribution in [2.24, 2.45) is 0 Å². The average molecular weight is 333 g/mol. The first kappa shape index (κ1) is 16.5. The zero-order chi connectivity index (χ0) is 14.2. The zero-order valence-corrected chi connectivity index (χ0v) is 13.6. The van der Waals surface area contributed by atoms with Gasteiger partial charge in [-0.1, -0.05) is 6.07 Å². The number of sulfonamides is 1. The highest BCUT2D eigenvalue weighted by Crippen LogP contribution is 2.35. The van der Waals surface area contributed by atoms with Crippen molar-refractivity contribution in [1.29, 1.82) is 0 Å². The number of anilines is 1. The molecule has 0 bridgehead atoms. The van der Waals surface area contributed by atoms with Crippen LogP contribution in [0.25, 0.3) is 0 Å². The third-order valence-electron chi connectivity index (χ3n) is 4.07. The molecule has 0 aliphatic carbocycles. The Bertz CT molecular complexity index is 613. The second-order valence-corrected chi connectivity index (χ2v) is 7.50. The molecule has 5 nitrogen and oxygen atoms in total. The molecule has 0 radical (unpaired) electrons. The first-order valence-corrected chi connectivity index (χ1v) is 8.79. The molecule has 1 fully saturated rings. The van der Waals surface area contributed by atoms with E-state index in [9.17, 15) is 8.42 Å². The summed E-state index contributed by atoms with van der Waals surface area (Å²) in [5.41, 5.74) is 2.94. The van der Waals surface area contributed by atoms with E-state index in [0.717, 1.165) is 44.2 Å². The summed E-state index contributed by atoms with van der Waals surface area (Å²) in [5.74, 6) is 0. The Balaban J connectivity index is 0.00000161. The summed E-state index contributed by atoms with van der Waals surface area (Å²) in [4.78, 5) is 0. The lowest BCUT2D eigenvalue weighted by atomic mass is 9.82. The van der Waals surface area contributed by atoms with Gasteiger partial charge in [-0.05, 0) is 49.2 Å². The van der Waals surface area contributed by atoms with Crippen LogP contribution < -0.4 is 10.0 Å². The Labute approximate surface area is 131 Å².